The number of aromatic nitrogens is 3. The molecule has 0 amide bonds. The van der Waals surface area contributed by atoms with Crippen LogP contribution in [-0.2, 0) is 13.1 Å². The third-order valence-electron chi connectivity index (χ3n) is 5.51. The second kappa shape index (κ2) is 6.45. The summed E-state index contributed by atoms with van der Waals surface area (Å²) in [6, 6.07) is 8.42. The molecule has 5 rings (SSSR count). The fourth-order valence-corrected chi connectivity index (χ4v) is 5.20. The highest BCUT2D eigenvalue weighted by Gasteiger charge is 2.35. The molecule has 0 aromatic carbocycles. The first kappa shape index (κ1) is 15.9. The molecule has 0 spiro atoms. The third-order valence-corrected chi connectivity index (χ3v) is 6.37. The van der Waals surface area contributed by atoms with E-state index in [1.807, 2.05) is 22.0 Å². The maximum absolute atomic E-state index is 13.1. The lowest BCUT2D eigenvalue weighted by Crippen LogP contribution is -2.46. The van der Waals surface area contributed by atoms with Gasteiger partial charge in [-0.1, -0.05) is 6.07 Å². The van der Waals surface area contributed by atoms with Crippen LogP contribution >= 0.6 is 11.3 Å². The van der Waals surface area contributed by atoms with Gasteiger partial charge < -0.3 is 4.57 Å². The molecule has 0 saturated carbocycles. The Hall–Kier alpha value is -2.31. The fourth-order valence-electron chi connectivity index (χ4n) is 4.45. The number of piperidine rings is 1. The van der Waals surface area contributed by atoms with E-state index in [1.165, 1.54) is 23.3 Å². The summed E-state index contributed by atoms with van der Waals surface area (Å²) in [5, 5.41) is 2.14. The van der Waals surface area contributed by atoms with Crippen molar-refractivity contribution >= 4 is 11.3 Å². The predicted molar refractivity (Wildman–Crippen MR) is 102 cm³/mol. The highest BCUT2D eigenvalue weighted by Crippen LogP contribution is 2.36. The molecule has 5 nitrogen and oxygen atoms in total. The summed E-state index contributed by atoms with van der Waals surface area (Å²) in [6.07, 6.45) is 6.10. The molecule has 2 aliphatic heterocycles. The van der Waals surface area contributed by atoms with Crippen molar-refractivity contribution < 1.29 is 0 Å². The van der Waals surface area contributed by atoms with Crippen LogP contribution in [0.3, 0.4) is 0 Å². The smallest absolute Gasteiger partial charge is 0.258 e. The van der Waals surface area contributed by atoms with E-state index in [0.29, 0.717) is 17.4 Å². The summed E-state index contributed by atoms with van der Waals surface area (Å²) < 4.78 is 2.00. The van der Waals surface area contributed by atoms with Gasteiger partial charge in [-0.2, -0.15) is 0 Å². The molecule has 132 valence electrons. The van der Waals surface area contributed by atoms with Crippen LogP contribution in [0.4, 0.5) is 0 Å². The molecule has 6 heteroatoms. The number of likely N-dealkylation sites (tertiary alicyclic amines) is 1. The van der Waals surface area contributed by atoms with E-state index >= 15 is 0 Å². The lowest BCUT2D eigenvalue weighted by atomic mass is 9.83. The highest BCUT2D eigenvalue weighted by atomic mass is 32.1. The molecule has 3 aromatic rings. The van der Waals surface area contributed by atoms with Crippen LogP contribution in [0.2, 0.25) is 0 Å². The molecule has 0 aliphatic carbocycles. The Morgan fingerprint density at radius 2 is 2.00 bits per heavy atom. The van der Waals surface area contributed by atoms with Crippen LogP contribution < -0.4 is 5.56 Å². The molecule has 2 atom stereocenters. The van der Waals surface area contributed by atoms with Gasteiger partial charge in [-0.25, -0.2) is 9.97 Å². The van der Waals surface area contributed by atoms with Crippen molar-refractivity contribution in [1.82, 2.24) is 19.4 Å². The van der Waals surface area contributed by atoms with Crippen molar-refractivity contribution in [3.63, 3.8) is 0 Å². The first-order valence-electron chi connectivity index (χ1n) is 9.02. The Labute approximate surface area is 156 Å². The lowest BCUT2D eigenvalue weighted by Gasteiger charge is -2.42. The van der Waals surface area contributed by atoms with Gasteiger partial charge in [0.25, 0.3) is 5.56 Å². The number of hydrogen-bond acceptors (Lipinski definition) is 5. The molecule has 1 fully saturated rings. The molecular weight excluding hydrogens is 344 g/mol. The molecule has 26 heavy (non-hydrogen) atoms. The summed E-state index contributed by atoms with van der Waals surface area (Å²) in [5.41, 5.74) is 2.77. The van der Waals surface area contributed by atoms with Crippen molar-refractivity contribution in [3.8, 4) is 11.1 Å². The molecule has 0 radical (unpaired) electrons. The normalized spacial score (nSPS) is 22.2. The molecule has 0 N–H and O–H groups in total. The first-order valence-corrected chi connectivity index (χ1v) is 9.90. The molecule has 1 saturated heterocycles. The molecule has 2 bridgehead atoms. The maximum Gasteiger partial charge on any atom is 0.258 e. The fraction of sp³-hybridized carbons (Fsp3) is 0.350. The molecular formula is C20H20N4OS. The summed E-state index contributed by atoms with van der Waals surface area (Å²) in [7, 11) is 0. The minimum Gasteiger partial charge on any atom is -0.311 e. The SMILES string of the molecule is O=c1c(-c2cncnc2)ccc2n1C[C@@H]1C[C@@H]2CN(Cc2cccs2)C1. The molecule has 5 heterocycles. The highest BCUT2D eigenvalue weighted by molar-refractivity contribution is 7.09. The minimum absolute atomic E-state index is 0.0960. The van der Waals surface area contributed by atoms with Gasteiger partial charge >= 0.3 is 0 Å². The van der Waals surface area contributed by atoms with Crippen LogP contribution in [0.1, 0.15) is 22.9 Å². The van der Waals surface area contributed by atoms with Gasteiger partial charge in [0.1, 0.15) is 6.33 Å². The van der Waals surface area contributed by atoms with Gasteiger partial charge in [-0.15, -0.1) is 11.3 Å². The van der Waals surface area contributed by atoms with E-state index < -0.39 is 0 Å². The van der Waals surface area contributed by atoms with Gasteiger partial charge in [0.15, 0.2) is 0 Å². The van der Waals surface area contributed by atoms with Crippen molar-refractivity contribution in [2.24, 2.45) is 5.92 Å². The largest absolute Gasteiger partial charge is 0.311 e. The number of nitrogens with zero attached hydrogens (tertiary/aromatic N) is 4. The van der Waals surface area contributed by atoms with E-state index in [-0.39, 0.29) is 5.56 Å². The zero-order valence-corrected chi connectivity index (χ0v) is 15.2. The monoisotopic (exact) mass is 364 g/mol. The summed E-state index contributed by atoms with van der Waals surface area (Å²) >= 11 is 1.82. The molecule has 3 aromatic heterocycles. The Morgan fingerprint density at radius 3 is 2.81 bits per heavy atom. The van der Waals surface area contributed by atoms with Gasteiger partial charge in [-0.3, -0.25) is 9.69 Å². The Balaban J connectivity index is 1.46. The van der Waals surface area contributed by atoms with E-state index in [4.69, 9.17) is 0 Å². The minimum atomic E-state index is 0.0960. The summed E-state index contributed by atoms with van der Waals surface area (Å²) in [4.78, 5) is 25.2. The number of thiophene rings is 1. The van der Waals surface area contributed by atoms with E-state index in [0.717, 1.165) is 31.7 Å². The Kier molecular flexibility index (Phi) is 3.94. The standard InChI is InChI=1S/C20H20N4OS/c25-20-18(16-7-21-13-22-8-16)3-4-19-15-6-14(10-24(19)20)9-23(11-15)12-17-2-1-5-26-17/h1-5,7-8,13-15H,6,9-12H2/t14-,15-/m1/s1. The summed E-state index contributed by atoms with van der Waals surface area (Å²) in [6.45, 7) is 3.93. The number of rotatable bonds is 3. The van der Waals surface area contributed by atoms with E-state index in [1.54, 1.807) is 12.4 Å². The van der Waals surface area contributed by atoms with Crippen molar-refractivity contribution in [1.29, 1.82) is 0 Å². The van der Waals surface area contributed by atoms with Crippen LogP contribution in [0.25, 0.3) is 11.1 Å². The Bertz CT molecular complexity index is 967. The van der Waals surface area contributed by atoms with Gasteiger partial charge in [-0.05, 0) is 35.9 Å². The van der Waals surface area contributed by atoms with Crippen molar-refractivity contribution in [3.05, 3.63) is 69.3 Å². The number of fused-ring (bicyclic) bond motifs is 4. The quantitative estimate of drug-likeness (QED) is 0.717. The lowest BCUT2D eigenvalue weighted by molar-refractivity contribution is 0.115. The van der Waals surface area contributed by atoms with Crippen LogP contribution in [0, 0.1) is 5.92 Å². The van der Waals surface area contributed by atoms with E-state index in [9.17, 15) is 4.79 Å². The molecule has 2 aliphatic rings. The van der Waals surface area contributed by atoms with Gasteiger partial charge in [0.2, 0.25) is 0 Å². The number of pyridine rings is 1. The van der Waals surface area contributed by atoms with Crippen LogP contribution in [0.15, 0.2) is 53.2 Å². The Morgan fingerprint density at radius 1 is 1.12 bits per heavy atom. The maximum atomic E-state index is 13.1. The summed E-state index contributed by atoms with van der Waals surface area (Å²) in [5.74, 6) is 0.984. The van der Waals surface area contributed by atoms with Crippen LogP contribution in [-0.4, -0.2) is 32.5 Å². The predicted octanol–water partition coefficient (Wildman–Crippen LogP) is 2.99. The first-order chi connectivity index (χ1) is 12.8. The second-order valence-corrected chi connectivity index (χ2v) is 8.32. The topological polar surface area (TPSA) is 51.0 Å². The number of hydrogen-bond donors (Lipinski definition) is 0. The third kappa shape index (κ3) is 2.79. The average molecular weight is 364 g/mol. The van der Waals surface area contributed by atoms with Crippen molar-refractivity contribution in [2.45, 2.75) is 25.4 Å². The zero-order valence-electron chi connectivity index (χ0n) is 14.4. The van der Waals surface area contributed by atoms with Crippen molar-refractivity contribution in [2.75, 3.05) is 13.1 Å². The van der Waals surface area contributed by atoms with Gasteiger partial charge in [0, 0.05) is 60.6 Å². The zero-order chi connectivity index (χ0) is 17.5. The van der Waals surface area contributed by atoms with Gasteiger partial charge in [0.05, 0.1) is 5.56 Å². The average Bonchev–Trinajstić information content (AvgIpc) is 3.16. The second-order valence-electron chi connectivity index (χ2n) is 7.29. The molecule has 0 unspecified atom stereocenters. The van der Waals surface area contributed by atoms with E-state index in [2.05, 4.69) is 38.4 Å². The van der Waals surface area contributed by atoms with Crippen LogP contribution in [0.5, 0.6) is 0 Å².